The molecular weight excluding hydrogens is 252 g/mol. The highest BCUT2D eigenvalue weighted by atomic mass is 16.5. The molecule has 0 N–H and O–H groups in total. The number of hydrogen-bond acceptors (Lipinski definition) is 4. The third kappa shape index (κ3) is 3.81. The largest absolute Gasteiger partial charge is 0.465 e. The van der Waals surface area contributed by atoms with E-state index in [9.17, 15) is 4.79 Å². The van der Waals surface area contributed by atoms with Gasteiger partial charge in [0, 0.05) is 19.6 Å². The van der Waals surface area contributed by atoms with Gasteiger partial charge in [0.1, 0.15) is 0 Å². The molecule has 1 heterocycles. The summed E-state index contributed by atoms with van der Waals surface area (Å²) >= 11 is 0. The Morgan fingerprint density at radius 2 is 2.20 bits per heavy atom. The van der Waals surface area contributed by atoms with Crippen molar-refractivity contribution in [3.05, 3.63) is 35.4 Å². The first-order chi connectivity index (χ1) is 9.60. The summed E-state index contributed by atoms with van der Waals surface area (Å²) in [6.07, 6.45) is 1.26. The zero-order valence-electron chi connectivity index (χ0n) is 12.6. The van der Waals surface area contributed by atoms with Gasteiger partial charge in [-0.3, -0.25) is 0 Å². The molecule has 1 saturated heterocycles. The molecule has 0 radical (unpaired) electrons. The van der Waals surface area contributed by atoms with Crippen molar-refractivity contribution in [2.75, 3.05) is 40.8 Å². The lowest BCUT2D eigenvalue weighted by atomic mass is 10.1. The molecule has 2 rings (SSSR count). The molecule has 0 bridgehead atoms. The van der Waals surface area contributed by atoms with Crippen molar-refractivity contribution in [1.82, 2.24) is 9.80 Å². The van der Waals surface area contributed by atoms with Crippen LogP contribution in [0.1, 0.15) is 22.3 Å². The van der Waals surface area contributed by atoms with Gasteiger partial charge in [-0.25, -0.2) is 4.79 Å². The van der Waals surface area contributed by atoms with E-state index in [0.29, 0.717) is 5.56 Å². The fourth-order valence-electron chi connectivity index (χ4n) is 2.94. The smallest absolute Gasteiger partial charge is 0.338 e. The molecule has 1 unspecified atom stereocenters. The van der Waals surface area contributed by atoms with Crippen LogP contribution < -0.4 is 0 Å². The molecule has 1 fully saturated rings. The summed E-state index contributed by atoms with van der Waals surface area (Å²) in [7, 11) is 5.72. The SMILES string of the molecule is COC(=O)c1ccccc1CN(C)CC1CCN(C)C1. The Labute approximate surface area is 121 Å². The molecule has 1 aromatic rings. The fraction of sp³-hybridized carbons (Fsp3) is 0.562. The first kappa shape index (κ1) is 15.0. The quantitative estimate of drug-likeness (QED) is 0.769. The molecule has 1 aromatic carbocycles. The monoisotopic (exact) mass is 276 g/mol. The lowest BCUT2D eigenvalue weighted by Crippen LogP contribution is -2.27. The molecule has 0 aliphatic carbocycles. The average Bonchev–Trinajstić information content (AvgIpc) is 2.83. The van der Waals surface area contributed by atoms with Crippen molar-refractivity contribution in [1.29, 1.82) is 0 Å². The van der Waals surface area contributed by atoms with Crippen molar-refractivity contribution in [2.45, 2.75) is 13.0 Å². The molecule has 0 spiro atoms. The maximum atomic E-state index is 11.8. The van der Waals surface area contributed by atoms with E-state index in [0.717, 1.165) is 24.6 Å². The summed E-state index contributed by atoms with van der Waals surface area (Å²) in [5.74, 6) is 0.477. The normalized spacial score (nSPS) is 19.5. The van der Waals surface area contributed by atoms with E-state index < -0.39 is 0 Å². The van der Waals surface area contributed by atoms with E-state index in [-0.39, 0.29) is 5.97 Å². The van der Waals surface area contributed by atoms with Crippen molar-refractivity contribution < 1.29 is 9.53 Å². The van der Waals surface area contributed by atoms with Crippen molar-refractivity contribution >= 4 is 5.97 Å². The summed E-state index contributed by atoms with van der Waals surface area (Å²) in [4.78, 5) is 16.4. The van der Waals surface area contributed by atoms with Crippen LogP contribution >= 0.6 is 0 Å². The number of ether oxygens (including phenoxy) is 1. The van der Waals surface area contributed by atoms with Crippen LogP contribution in [0.25, 0.3) is 0 Å². The first-order valence-corrected chi connectivity index (χ1v) is 7.13. The molecule has 1 aliphatic rings. The van der Waals surface area contributed by atoms with Crippen LogP contribution in [0.15, 0.2) is 24.3 Å². The summed E-state index contributed by atoms with van der Waals surface area (Å²) in [6, 6.07) is 7.68. The average molecular weight is 276 g/mol. The highest BCUT2D eigenvalue weighted by molar-refractivity contribution is 5.90. The second-order valence-corrected chi connectivity index (χ2v) is 5.76. The molecule has 0 amide bonds. The number of esters is 1. The molecule has 4 nitrogen and oxygen atoms in total. The van der Waals surface area contributed by atoms with Gasteiger partial charge in [-0.15, -0.1) is 0 Å². The van der Waals surface area contributed by atoms with Gasteiger partial charge in [0.05, 0.1) is 12.7 Å². The Balaban J connectivity index is 1.97. The summed E-state index contributed by atoms with van der Waals surface area (Å²) in [5, 5.41) is 0. The lowest BCUT2D eigenvalue weighted by Gasteiger charge is -2.21. The molecule has 1 atom stereocenters. The molecule has 0 aromatic heterocycles. The number of carbonyl (C=O) groups excluding carboxylic acids is 1. The molecule has 4 heteroatoms. The Bertz CT molecular complexity index is 462. The Morgan fingerprint density at radius 1 is 1.45 bits per heavy atom. The highest BCUT2D eigenvalue weighted by Crippen LogP contribution is 2.17. The van der Waals surface area contributed by atoms with E-state index in [4.69, 9.17) is 4.74 Å². The summed E-state index contributed by atoms with van der Waals surface area (Å²) in [5.41, 5.74) is 1.71. The first-order valence-electron chi connectivity index (χ1n) is 7.13. The van der Waals surface area contributed by atoms with Gasteiger partial charge in [-0.1, -0.05) is 18.2 Å². The van der Waals surface area contributed by atoms with Crippen LogP contribution in [0.4, 0.5) is 0 Å². The van der Waals surface area contributed by atoms with Gasteiger partial charge in [0.2, 0.25) is 0 Å². The van der Waals surface area contributed by atoms with Crippen LogP contribution in [0, 0.1) is 5.92 Å². The van der Waals surface area contributed by atoms with Gasteiger partial charge in [0.25, 0.3) is 0 Å². The second kappa shape index (κ2) is 6.86. The number of nitrogens with zero attached hydrogens (tertiary/aromatic N) is 2. The van der Waals surface area contributed by atoms with Crippen LogP contribution in [-0.4, -0.2) is 56.6 Å². The minimum Gasteiger partial charge on any atom is -0.465 e. The lowest BCUT2D eigenvalue weighted by molar-refractivity contribution is 0.0598. The molecule has 20 heavy (non-hydrogen) atoms. The van der Waals surface area contributed by atoms with E-state index in [1.807, 2.05) is 24.3 Å². The van der Waals surface area contributed by atoms with E-state index in [2.05, 4.69) is 23.9 Å². The van der Waals surface area contributed by atoms with Crippen LogP contribution in [-0.2, 0) is 11.3 Å². The standard InChI is InChI=1S/C16H24N2O2/c1-17-9-8-13(10-17)11-18(2)12-14-6-4-5-7-15(14)16(19)20-3/h4-7,13H,8-12H2,1-3H3. The van der Waals surface area contributed by atoms with E-state index in [1.165, 1.54) is 26.6 Å². The fourth-order valence-corrected chi connectivity index (χ4v) is 2.94. The number of rotatable bonds is 5. The van der Waals surface area contributed by atoms with Gasteiger partial charge in [0.15, 0.2) is 0 Å². The molecule has 0 saturated carbocycles. The van der Waals surface area contributed by atoms with Crippen molar-refractivity contribution in [3.63, 3.8) is 0 Å². The Hall–Kier alpha value is -1.39. The maximum Gasteiger partial charge on any atom is 0.338 e. The predicted octanol–water partition coefficient (Wildman–Crippen LogP) is 1.86. The van der Waals surface area contributed by atoms with Crippen LogP contribution in [0.3, 0.4) is 0 Å². The molecule has 110 valence electrons. The second-order valence-electron chi connectivity index (χ2n) is 5.76. The maximum absolute atomic E-state index is 11.8. The number of hydrogen-bond donors (Lipinski definition) is 0. The van der Waals surface area contributed by atoms with Gasteiger partial charge in [-0.2, -0.15) is 0 Å². The molecule has 1 aliphatic heterocycles. The zero-order valence-corrected chi connectivity index (χ0v) is 12.6. The third-order valence-corrected chi connectivity index (χ3v) is 3.92. The van der Waals surface area contributed by atoms with Gasteiger partial charge < -0.3 is 14.5 Å². The summed E-state index contributed by atoms with van der Waals surface area (Å²) < 4.78 is 4.84. The predicted molar refractivity (Wildman–Crippen MR) is 79.7 cm³/mol. The Morgan fingerprint density at radius 3 is 2.85 bits per heavy atom. The Kier molecular flexibility index (Phi) is 5.15. The number of carbonyl (C=O) groups is 1. The zero-order chi connectivity index (χ0) is 14.5. The minimum atomic E-state index is -0.255. The van der Waals surface area contributed by atoms with Gasteiger partial charge in [-0.05, 0) is 44.6 Å². The third-order valence-electron chi connectivity index (χ3n) is 3.92. The van der Waals surface area contributed by atoms with Crippen molar-refractivity contribution in [2.24, 2.45) is 5.92 Å². The molecular formula is C16H24N2O2. The van der Waals surface area contributed by atoms with Crippen LogP contribution in [0.2, 0.25) is 0 Å². The highest BCUT2D eigenvalue weighted by Gasteiger charge is 2.21. The van der Waals surface area contributed by atoms with Crippen molar-refractivity contribution in [3.8, 4) is 0 Å². The van der Waals surface area contributed by atoms with E-state index >= 15 is 0 Å². The number of likely N-dealkylation sites (tertiary alicyclic amines) is 1. The minimum absolute atomic E-state index is 0.255. The number of methoxy groups -OCH3 is 1. The van der Waals surface area contributed by atoms with Crippen LogP contribution in [0.5, 0.6) is 0 Å². The topological polar surface area (TPSA) is 32.8 Å². The summed E-state index contributed by atoms with van der Waals surface area (Å²) in [6.45, 7) is 4.21. The number of benzene rings is 1. The van der Waals surface area contributed by atoms with Gasteiger partial charge >= 0.3 is 5.97 Å². The van der Waals surface area contributed by atoms with E-state index in [1.54, 1.807) is 0 Å².